The summed E-state index contributed by atoms with van der Waals surface area (Å²) in [6.45, 7) is 4.09. The van der Waals surface area contributed by atoms with Crippen molar-refractivity contribution in [1.29, 1.82) is 0 Å². The average Bonchev–Trinajstić information content (AvgIpc) is 3.65. The van der Waals surface area contributed by atoms with E-state index < -0.39 is 49.5 Å². The van der Waals surface area contributed by atoms with Crippen molar-refractivity contribution in [1.82, 2.24) is 5.32 Å². The number of carbonyl (C=O) groups excluding carboxylic acids is 2. The maximum atomic E-state index is 13.0. The molecular weight excluding hydrogens is 1040 g/mol. The second-order valence-corrected chi connectivity index (χ2v) is 23.9. The van der Waals surface area contributed by atoms with Gasteiger partial charge in [0.05, 0.1) is 32.0 Å². The van der Waals surface area contributed by atoms with E-state index >= 15 is 0 Å². The maximum absolute atomic E-state index is 13.0. The highest BCUT2D eigenvalue weighted by Gasteiger charge is 2.44. The number of carbonyl (C=O) groups is 2. The second kappa shape index (κ2) is 60.8. The number of allylic oxidation sites excluding steroid dienone is 11. The molecule has 1 rings (SSSR count). The Balaban J connectivity index is 1.94. The SMILES string of the molecule is C/C=C/CC/C=C/CC/C=C/C(O)C(COC1OC(CO)C(O)C(O)C1O)NC(=O)CCCCCCCCCCCCC/C=C\C/C=C\CCCCCCCCCCCOC(=O)CCCCCCCCCCC/C=C\CCCCCCCC. The van der Waals surface area contributed by atoms with Crippen LogP contribution in [0.25, 0.3) is 0 Å². The van der Waals surface area contributed by atoms with Gasteiger partial charge in [-0.15, -0.1) is 0 Å². The van der Waals surface area contributed by atoms with E-state index in [4.69, 9.17) is 14.2 Å². The third-order valence-corrected chi connectivity index (χ3v) is 16.1. The van der Waals surface area contributed by atoms with E-state index in [1.54, 1.807) is 6.08 Å². The quantitative estimate of drug-likeness (QED) is 0.0195. The molecule has 0 aromatic rings. The number of amides is 1. The molecule has 11 nitrogen and oxygen atoms in total. The maximum Gasteiger partial charge on any atom is 0.305 e. The number of nitrogens with one attached hydrogen (secondary N) is 1. The Morgan fingerprint density at radius 1 is 0.470 bits per heavy atom. The summed E-state index contributed by atoms with van der Waals surface area (Å²) in [5, 5.41) is 54.2. The molecule has 0 aromatic heterocycles. The van der Waals surface area contributed by atoms with Gasteiger partial charge in [0.15, 0.2) is 6.29 Å². The number of esters is 1. The molecule has 1 aliphatic heterocycles. The number of aliphatic hydroxyl groups is 5. The topological polar surface area (TPSA) is 175 Å². The Labute approximate surface area is 509 Å². The lowest BCUT2D eigenvalue weighted by molar-refractivity contribution is -0.302. The molecule has 83 heavy (non-hydrogen) atoms. The summed E-state index contributed by atoms with van der Waals surface area (Å²) in [6.07, 6.45) is 72.1. The largest absolute Gasteiger partial charge is 0.466 e. The first-order chi connectivity index (χ1) is 40.7. The Hall–Kier alpha value is -2.90. The van der Waals surface area contributed by atoms with Crippen LogP contribution in [0.15, 0.2) is 72.9 Å². The first kappa shape index (κ1) is 78.1. The van der Waals surface area contributed by atoms with Crippen LogP contribution in [0.5, 0.6) is 0 Å². The summed E-state index contributed by atoms with van der Waals surface area (Å²) >= 11 is 0. The summed E-state index contributed by atoms with van der Waals surface area (Å²) in [7, 11) is 0. The molecule has 1 saturated heterocycles. The van der Waals surface area contributed by atoms with Gasteiger partial charge < -0.3 is 45.1 Å². The lowest BCUT2D eigenvalue weighted by Gasteiger charge is -2.40. The average molecular weight is 1170 g/mol. The Morgan fingerprint density at radius 3 is 1.34 bits per heavy atom. The molecule has 1 heterocycles. The fourth-order valence-electron chi connectivity index (χ4n) is 10.6. The van der Waals surface area contributed by atoms with Crippen molar-refractivity contribution in [3.05, 3.63) is 72.9 Å². The van der Waals surface area contributed by atoms with Crippen LogP contribution in [-0.2, 0) is 23.8 Å². The van der Waals surface area contributed by atoms with Crippen molar-refractivity contribution in [3.8, 4) is 0 Å². The molecule has 7 unspecified atom stereocenters. The van der Waals surface area contributed by atoms with Crippen molar-refractivity contribution in [3.63, 3.8) is 0 Å². The minimum Gasteiger partial charge on any atom is -0.466 e. The van der Waals surface area contributed by atoms with Crippen molar-refractivity contribution < 1.29 is 49.3 Å². The molecule has 0 spiro atoms. The summed E-state index contributed by atoms with van der Waals surface area (Å²) < 4.78 is 16.7. The Bertz CT molecular complexity index is 1610. The highest BCUT2D eigenvalue weighted by atomic mass is 16.7. The zero-order valence-electron chi connectivity index (χ0n) is 53.4. The van der Waals surface area contributed by atoms with Crippen LogP contribution >= 0.6 is 0 Å². The van der Waals surface area contributed by atoms with Gasteiger partial charge in [0.2, 0.25) is 5.91 Å². The second-order valence-electron chi connectivity index (χ2n) is 23.9. The molecule has 7 atom stereocenters. The van der Waals surface area contributed by atoms with Crippen LogP contribution < -0.4 is 5.32 Å². The van der Waals surface area contributed by atoms with Gasteiger partial charge in [0.1, 0.15) is 24.4 Å². The van der Waals surface area contributed by atoms with Gasteiger partial charge in [-0.3, -0.25) is 9.59 Å². The molecule has 482 valence electrons. The minimum absolute atomic E-state index is 0.000449. The fraction of sp³-hybridized carbons (Fsp3) is 0.806. The molecule has 0 saturated carbocycles. The molecular formula is C72H129NO10. The lowest BCUT2D eigenvalue weighted by Crippen LogP contribution is -2.60. The monoisotopic (exact) mass is 1170 g/mol. The van der Waals surface area contributed by atoms with Gasteiger partial charge >= 0.3 is 5.97 Å². The molecule has 0 radical (unpaired) electrons. The van der Waals surface area contributed by atoms with Gasteiger partial charge in [-0.2, -0.15) is 0 Å². The molecule has 1 aliphatic rings. The Morgan fingerprint density at radius 2 is 0.867 bits per heavy atom. The number of hydrogen-bond donors (Lipinski definition) is 6. The van der Waals surface area contributed by atoms with E-state index in [-0.39, 0.29) is 18.5 Å². The normalized spacial score (nSPS) is 18.6. The number of hydrogen-bond acceptors (Lipinski definition) is 10. The predicted octanol–water partition coefficient (Wildman–Crippen LogP) is 17.5. The number of rotatable bonds is 60. The van der Waals surface area contributed by atoms with Crippen LogP contribution in [0.3, 0.4) is 0 Å². The van der Waals surface area contributed by atoms with Crippen molar-refractivity contribution in [2.24, 2.45) is 0 Å². The molecule has 1 fully saturated rings. The summed E-state index contributed by atoms with van der Waals surface area (Å²) in [5.41, 5.74) is 0. The molecule has 0 aliphatic carbocycles. The van der Waals surface area contributed by atoms with E-state index in [9.17, 15) is 35.1 Å². The zero-order valence-corrected chi connectivity index (χ0v) is 53.4. The van der Waals surface area contributed by atoms with E-state index in [1.807, 2.05) is 19.1 Å². The van der Waals surface area contributed by atoms with Crippen molar-refractivity contribution in [2.45, 2.75) is 352 Å². The van der Waals surface area contributed by atoms with Crippen LogP contribution in [-0.4, -0.2) is 100 Å². The van der Waals surface area contributed by atoms with Gasteiger partial charge in [-0.1, -0.05) is 260 Å². The van der Waals surface area contributed by atoms with Crippen molar-refractivity contribution in [2.75, 3.05) is 19.8 Å². The highest BCUT2D eigenvalue weighted by molar-refractivity contribution is 5.76. The van der Waals surface area contributed by atoms with Crippen LogP contribution in [0.1, 0.15) is 309 Å². The lowest BCUT2D eigenvalue weighted by atomic mass is 9.99. The molecule has 0 bridgehead atoms. The predicted molar refractivity (Wildman–Crippen MR) is 347 cm³/mol. The Kier molecular flexibility index (Phi) is 57.2. The zero-order chi connectivity index (χ0) is 60.2. The molecule has 1 amide bonds. The number of ether oxygens (including phenoxy) is 3. The summed E-state index contributed by atoms with van der Waals surface area (Å²) in [6, 6.07) is -0.837. The molecule has 0 aromatic carbocycles. The van der Waals surface area contributed by atoms with Gasteiger partial charge in [-0.25, -0.2) is 0 Å². The minimum atomic E-state index is -1.58. The third-order valence-electron chi connectivity index (χ3n) is 16.1. The van der Waals surface area contributed by atoms with Gasteiger partial charge in [0.25, 0.3) is 0 Å². The first-order valence-corrected chi connectivity index (χ1v) is 34.7. The summed E-state index contributed by atoms with van der Waals surface area (Å²) in [4.78, 5) is 25.1. The molecule has 6 N–H and O–H groups in total. The van der Waals surface area contributed by atoms with E-state index in [0.717, 1.165) is 77.0 Å². The standard InChI is InChI=1S/C72H129NO10/c1-3-5-7-9-11-13-14-15-16-17-27-31-34-37-40-44-48-52-56-60-68(77)81-61-57-53-49-45-41-38-35-32-29-26-24-22-20-18-19-21-23-25-28-30-33-36-39-43-47-51-55-59-67(76)73-64(65(75)58-54-50-46-42-12-10-8-6-4-2)63-82-72-71(80)70(79)69(78)66(62-74)83-72/h4,6,12,15-16,18-19,22,24,42,54,58,64-66,69-72,74-75,78-80H,3,5,7-11,13-14,17,20-21,23,25-41,43-53,55-57,59-63H2,1-2H3,(H,73,76)/b6-4+,16-15-,19-18-,24-22-,42-12+,58-54+. The third kappa shape index (κ3) is 49.9. The summed E-state index contributed by atoms with van der Waals surface area (Å²) in [5.74, 6) is -0.204. The fourth-order valence-corrected chi connectivity index (χ4v) is 10.6. The number of aliphatic hydroxyl groups excluding tert-OH is 5. The van der Waals surface area contributed by atoms with E-state index in [0.29, 0.717) is 19.4 Å². The van der Waals surface area contributed by atoms with Crippen LogP contribution in [0.4, 0.5) is 0 Å². The smallest absolute Gasteiger partial charge is 0.305 e. The van der Waals surface area contributed by atoms with E-state index in [1.165, 1.54) is 205 Å². The first-order valence-electron chi connectivity index (χ1n) is 34.7. The highest BCUT2D eigenvalue weighted by Crippen LogP contribution is 2.23. The van der Waals surface area contributed by atoms with E-state index in [2.05, 4.69) is 66.9 Å². The van der Waals surface area contributed by atoms with Gasteiger partial charge in [0, 0.05) is 12.8 Å². The van der Waals surface area contributed by atoms with Gasteiger partial charge in [-0.05, 0) is 110 Å². The number of unbranched alkanes of at least 4 members (excludes halogenated alkanes) is 37. The van der Waals surface area contributed by atoms with Crippen molar-refractivity contribution >= 4 is 11.9 Å². The van der Waals surface area contributed by atoms with Crippen LogP contribution in [0, 0.1) is 0 Å². The van der Waals surface area contributed by atoms with Crippen LogP contribution in [0.2, 0.25) is 0 Å². The molecule has 11 heteroatoms.